The summed E-state index contributed by atoms with van der Waals surface area (Å²) in [5.41, 5.74) is 0.452. The second-order valence-electron chi connectivity index (χ2n) is 2.49. The number of aromatic nitrogens is 2. The van der Waals surface area contributed by atoms with Crippen molar-refractivity contribution in [3.8, 4) is 6.07 Å². The van der Waals surface area contributed by atoms with E-state index in [1.807, 2.05) is 6.07 Å². The highest BCUT2D eigenvalue weighted by Crippen LogP contribution is 2.13. The molecule has 5 heteroatoms. The van der Waals surface area contributed by atoms with Crippen molar-refractivity contribution in [1.82, 2.24) is 9.97 Å². The van der Waals surface area contributed by atoms with Crippen LogP contribution in [-0.2, 0) is 9.53 Å². The van der Waals surface area contributed by atoms with Crippen LogP contribution >= 0.6 is 0 Å². The summed E-state index contributed by atoms with van der Waals surface area (Å²) >= 11 is 0. The lowest BCUT2D eigenvalue weighted by molar-refractivity contribution is -0.143. The van der Waals surface area contributed by atoms with E-state index in [4.69, 9.17) is 10.00 Å². The minimum atomic E-state index is -0.934. The molecular formula is C9H9N3O2. The molecule has 0 aliphatic heterocycles. The van der Waals surface area contributed by atoms with Gasteiger partial charge in [-0.1, -0.05) is 0 Å². The molecule has 0 saturated carbocycles. The lowest BCUT2D eigenvalue weighted by atomic mass is 10.1. The number of hydrogen-bond donors (Lipinski definition) is 0. The van der Waals surface area contributed by atoms with E-state index in [-0.39, 0.29) is 6.61 Å². The number of carbonyl (C=O) groups is 1. The Morgan fingerprint density at radius 2 is 2.29 bits per heavy atom. The summed E-state index contributed by atoms with van der Waals surface area (Å²) in [4.78, 5) is 18.7. The first-order chi connectivity index (χ1) is 6.79. The van der Waals surface area contributed by atoms with Crippen molar-refractivity contribution in [2.45, 2.75) is 12.8 Å². The predicted octanol–water partition coefficient (Wildman–Crippen LogP) is 0.647. The summed E-state index contributed by atoms with van der Waals surface area (Å²) < 4.78 is 4.73. The molecule has 0 amide bonds. The molecule has 0 radical (unpaired) electrons. The minimum Gasteiger partial charge on any atom is -0.465 e. The Morgan fingerprint density at radius 3 is 2.79 bits per heavy atom. The van der Waals surface area contributed by atoms with Crippen LogP contribution in [0.2, 0.25) is 0 Å². The molecular weight excluding hydrogens is 182 g/mol. The SMILES string of the molecule is CCOC(=O)C(C#N)c1cncnc1. The van der Waals surface area contributed by atoms with Crippen LogP contribution in [0, 0.1) is 11.3 Å². The van der Waals surface area contributed by atoms with E-state index in [1.165, 1.54) is 18.7 Å². The average Bonchev–Trinajstić information content (AvgIpc) is 2.21. The maximum Gasteiger partial charge on any atom is 0.328 e. The first-order valence-corrected chi connectivity index (χ1v) is 4.10. The number of nitriles is 1. The Bertz CT molecular complexity index is 345. The van der Waals surface area contributed by atoms with E-state index in [0.717, 1.165) is 0 Å². The number of rotatable bonds is 3. The molecule has 1 aromatic rings. The molecule has 0 aliphatic rings. The Kier molecular flexibility index (Phi) is 3.56. The maximum absolute atomic E-state index is 11.3. The van der Waals surface area contributed by atoms with Gasteiger partial charge in [0.05, 0.1) is 12.7 Å². The summed E-state index contributed by atoms with van der Waals surface area (Å²) in [5.74, 6) is -1.50. The van der Waals surface area contributed by atoms with Gasteiger partial charge in [-0.15, -0.1) is 0 Å². The smallest absolute Gasteiger partial charge is 0.328 e. The van der Waals surface area contributed by atoms with Crippen molar-refractivity contribution in [3.05, 3.63) is 24.3 Å². The van der Waals surface area contributed by atoms with Crippen molar-refractivity contribution >= 4 is 5.97 Å². The number of hydrogen-bond acceptors (Lipinski definition) is 5. The van der Waals surface area contributed by atoms with Crippen molar-refractivity contribution in [2.75, 3.05) is 6.61 Å². The molecule has 14 heavy (non-hydrogen) atoms. The highest BCUT2D eigenvalue weighted by Gasteiger charge is 2.21. The second kappa shape index (κ2) is 4.92. The quantitative estimate of drug-likeness (QED) is 0.655. The minimum absolute atomic E-state index is 0.255. The first-order valence-electron chi connectivity index (χ1n) is 4.10. The van der Waals surface area contributed by atoms with Crippen LogP contribution in [0.3, 0.4) is 0 Å². The van der Waals surface area contributed by atoms with E-state index < -0.39 is 11.9 Å². The second-order valence-corrected chi connectivity index (χ2v) is 2.49. The monoisotopic (exact) mass is 191 g/mol. The molecule has 0 N–H and O–H groups in total. The van der Waals surface area contributed by atoms with Crippen LogP contribution in [0.25, 0.3) is 0 Å². The Balaban J connectivity index is 2.84. The third kappa shape index (κ3) is 2.26. The van der Waals surface area contributed by atoms with Crippen LogP contribution in [0.5, 0.6) is 0 Å². The third-order valence-electron chi connectivity index (χ3n) is 1.57. The topological polar surface area (TPSA) is 75.9 Å². The lowest BCUT2D eigenvalue weighted by Crippen LogP contribution is -2.14. The van der Waals surface area contributed by atoms with Gasteiger partial charge in [-0.3, -0.25) is 4.79 Å². The molecule has 0 aromatic carbocycles. The average molecular weight is 191 g/mol. The molecule has 5 nitrogen and oxygen atoms in total. The number of ether oxygens (including phenoxy) is 1. The van der Waals surface area contributed by atoms with E-state index >= 15 is 0 Å². The predicted molar refractivity (Wildman–Crippen MR) is 47.0 cm³/mol. The highest BCUT2D eigenvalue weighted by atomic mass is 16.5. The third-order valence-corrected chi connectivity index (χ3v) is 1.57. The van der Waals surface area contributed by atoms with Gasteiger partial charge in [-0.25, -0.2) is 9.97 Å². The van der Waals surface area contributed by atoms with Gasteiger partial charge >= 0.3 is 5.97 Å². The van der Waals surface area contributed by atoms with Gasteiger partial charge in [0.15, 0.2) is 5.92 Å². The summed E-state index contributed by atoms with van der Waals surface area (Å²) in [7, 11) is 0. The zero-order valence-electron chi connectivity index (χ0n) is 7.67. The fourth-order valence-electron chi connectivity index (χ4n) is 0.949. The van der Waals surface area contributed by atoms with Crippen molar-refractivity contribution in [3.63, 3.8) is 0 Å². The zero-order valence-corrected chi connectivity index (χ0v) is 7.67. The summed E-state index contributed by atoms with van der Waals surface area (Å²) in [6.07, 6.45) is 4.19. The first kappa shape index (κ1) is 10.1. The Labute approximate surface area is 81.4 Å². The molecule has 1 rings (SSSR count). The molecule has 1 aromatic heterocycles. The molecule has 0 aliphatic carbocycles. The zero-order chi connectivity index (χ0) is 10.4. The van der Waals surface area contributed by atoms with Crippen LogP contribution < -0.4 is 0 Å². The van der Waals surface area contributed by atoms with Gasteiger partial charge in [0.1, 0.15) is 6.33 Å². The molecule has 1 unspecified atom stereocenters. The van der Waals surface area contributed by atoms with E-state index in [2.05, 4.69) is 9.97 Å². The number of nitrogens with zero attached hydrogens (tertiary/aromatic N) is 3. The summed E-state index contributed by atoms with van der Waals surface area (Å²) in [6.45, 7) is 1.94. The van der Waals surface area contributed by atoms with Gasteiger partial charge < -0.3 is 4.74 Å². The van der Waals surface area contributed by atoms with Gasteiger partial charge in [-0.2, -0.15) is 5.26 Å². The lowest BCUT2D eigenvalue weighted by Gasteiger charge is -2.06. The molecule has 1 atom stereocenters. The van der Waals surface area contributed by atoms with E-state index in [1.54, 1.807) is 6.92 Å². The van der Waals surface area contributed by atoms with Gasteiger partial charge in [0.25, 0.3) is 0 Å². The van der Waals surface area contributed by atoms with Crippen molar-refractivity contribution < 1.29 is 9.53 Å². The maximum atomic E-state index is 11.3. The molecule has 0 saturated heterocycles. The molecule has 1 heterocycles. The highest BCUT2D eigenvalue weighted by molar-refractivity contribution is 5.81. The van der Waals surface area contributed by atoms with Gasteiger partial charge in [0, 0.05) is 18.0 Å². The number of carbonyl (C=O) groups excluding carboxylic acids is 1. The number of esters is 1. The van der Waals surface area contributed by atoms with Crippen molar-refractivity contribution in [2.24, 2.45) is 0 Å². The molecule has 72 valence electrons. The summed E-state index contributed by atoms with van der Waals surface area (Å²) in [6, 6.07) is 1.85. The van der Waals surface area contributed by atoms with Crippen LogP contribution in [0.1, 0.15) is 18.4 Å². The Morgan fingerprint density at radius 1 is 1.64 bits per heavy atom. The molecule has 0 fully saturated rings. The fraction of sp³-hybridized carbons (Fsp3) is 0.333. The van der Waals surface area contributed by atoms with Crippen molar-refractivity contribution in [1.29, 1.82) is 5.26 Å². The largest absolute Gasteiger partial charge is 0.465 e. The Hall–Kier alpha value is -1.96. The van der Waals surface area contributed by atoms with Crippen LogP contribution in [0.4, 0.5) is 0 Å². The van der Waals surface area contributed by atoms with E-state index in [0.29, 0.717) is 5.56 Å². The standard InChI is InChI=1S/C9H9N3O2/c1-2-14-9(13)8(3-10)7-4-11-6-12-5-7/h4-6,8H,2H2,1H3. The fourth-order valence-corrected chi connectivity index (χ4v) is 0.949. The summed E-state index contributed by atoms with van der Waals surface area (Å²) in [5, 5.41) is 8.77. The van der Waals surface area contributed by atoms with Gasteiger partial charge in [0.2, 0.25) is 0 Å². The van der Waals surface area contributed by atoms with Crippen LogP contribution in [-0.4, -0.2) is 22.5 Å². The molecule has 0 spiro atoms. The van der Waals surface area contributed by atoms with E-state index in [9.17, 15) is 4.79 Å². The van der Waals surface area contributed by atoms with Crippen LogP contribution in [0.15, 0.2) is 18.7 Å². The van der Waals surface area contributed by atoms with Gasteiger partial charge in [-0.05, 0) is 6.92 Å². The molecule has 0 bridgehead atoms. The normalized spacial score (nSPS) is 11.4.